The number of ether oxygens (including phenoxy) is 1. The second-order valence-electron chi connectivity index (χ2n) is 4.81. The molecule has 0 aliphatic carbocycles. The van der Waals surface area contributed by atoms with Crippen LogP contribution >= 0.6 is 0 Å². The van der Waals surface area contributed by atoms with E-state index in [4.69, 9.17) is 10.5 Å². The van der Waals surface area contributed by atoms with Crippen LogP contribution in [0.1, 0.15) is 24.5 Å². The van der Waals surface area contributed by atoms with Crippen molar-refractivity contribution < 1.29 is 4.74 Å². The number of anilines is 1. The maximum atomic E-state index is 12.2. The van der Waals surface area contributed by atoms with E-state index in [9.17, 15) is 4.79 Å². The number of aromatic nitrogens is 2. The first-order valence-electron chi connectivity index (χ1n) is 6.63. The number of rotatable bonds is 4. The molecule has 0 spiro atoms. The summed E-state index contributed by atoms with van der Waals surface area (Å²) in [5.41, 5.74) is 8.19. The van der Waals surface area contributed by atoms with E-state index < -0.39 is 0 Å². The van der Waals surface area contributed by atoms with E-state index in [0.29, 0.717) is 18.0 Å². The zero-order valence-corrected chi connectivity index (χ0v) is 12.0. The minimum absolute atomic E-state index is 0.0762. The minimum Gasteiger partial charge on any atom is -0.434 e. The average molecular weight is 273 g/mol. The molecule has 0 unspecified atom stereocenters. The fourth-order valence-corrected chi connectivity index (χ4v) is 1.98. The third-order valence-electron chi connectivity index (χ3n) is 3.12. The molecule has 0 saturated carbocycles. The van der Waals surface area contributed by atoms with E-state index in [1.54, 1.807) is 23.0 Å². The number of aryl methyl sites for hydroxylation is 3. The lowest BCUT2D eigenvalue weighted by molar-refractivity contribution is 0.440. The summed E-state index contributed by atoms with van der Waals surface area (Å²) in [4.78, 5) is 16.2. The summed E-state index contributed by atoms with van der Waals surface area (Å²) in [7, 11) is 0. The van der Waals surface area contributed by atoms with Crippen LogP contribution in [0.15, 0.2) is 29.3 Å². The molecule has 2 N–H and O–H groups in total. The van der Waals surface area contributed by atoms with Crippen molar-refractivity contribution in [3.63, 3.8) is 0 Å². The van der Waals surface area contributed by atoms with Gasteiger partial charge in [-0.25, -0.2) is 4.98 Å². The van der Waals surface area contributed by atoms with Crippen LogP contribution in [0, 0.1) is 13.8 Å². The average Bonchev–Trinajstić information content (AvgIpc) is 2.40. The fraction of sp³-hybridized carbons (Fsp3) is 0.333. The van der Waals surface area contributed by atoms with Gasteiger partial charge >= 0.3 is 5.56 Å². The standard InChI is InChI=1S/C15H19N3O2/c1-4-6-18-7-5-17-14(15(18)19)20-13-9-12(16)10(2)8-11(13)3/h5,7-9H,4,6,16H2,1-3H3. The van der Waals surface area contributed by atoms with E-state index >= 15 is 0 Å². The molecule has 5 nitrogen and oxygen atoms in total. The molecule has 0 aliphatic rings. The lowest BCUT2D eigenvalue weighted by atomic mass is 10.1. The molecule has 1 heterocycles. The van der Waals surface area contributed by atoms with Crippen LogP contribution in [0.5, 0.6) is 11.6 Å². The van der Waals surface area contributed by atoms with E-state index in [-0.39, 0.29) is 11.4 Å². The lowest BCUT2D eigenvalue weighted by Gasteiger charge is -2.11. The van der Waals surface area contributed by atoms with Gasteiger partial charge in [-0.05, 0) is 31.4 Å². The smallest absolute Gasteiger partial charge is 0.313 e. The van der Waals surface area contributed by atoms with E-state index in [1.807, 2.05) is 26.8 Å². The fourth-order valence-electron chi connectivity index (χ4n) is 1.98. The van der Waals surface area contributed by atoms with Crippen molar-refractivity contribution in [2.45, 2.75) is 33.7 Å². The monoisotopic (exact) mass is 273 g/mol. The zero-order valence-electron chi connectivity index (χ0n) is 12.0. The first kappa shape index (κ1) is 14.1. The van der Waals surface area contributed by atoms with Gasteiger partial charge in [0.05, 0.1) is 0 Å². The Bertz CT molecular complexity index is 677. The molecule has 5 heteroatoms. The van der Waals surface area contributed by atoms with Gasteiger partial charge in [-0.3, -0.25) is 4.79 Å². The van der Waals surface area contributed by atoms with Gasteiger partial charge in [0.25, 0.3) is 5.88 Å². The Morgan fingerprint density at radius 1 is 1.30 bits per heavy atom. The quantitative estimate of drug-likeness (QED) is 0.869. The molecule has 1 aromatic heterocycles. The Kier molecular flexibility index (Phi) is 4.08. The van der Waals surface area contributed by atoms with Crippen molar-refractivity contribution in [1.82, 2.24) is 9.55 Å². The van der Waals surface area contributed by atoms with Gasteiger partial charge < -0.3 is 15.0 Å². The van der Waals surface area contributed by atoms with E-state index in [0.717, 1.165) is 17.5 Å². The van der Waals surface area contributed by atoms with Gasteiger partial charge in [-0.15, -0.1) is 0 Å². The van der Waals surface area contributed by atoms with Crippen LogP contribution < -0.4 is 16.0 Å². The SMILES string of the molecule is CCCn1ccnc(Oc2cc(N)c(C)cc2C)c1=O. The third kappa shape index (κ3) is 2.82. The maximum absolute atomic E-state index is 12.2. The largest absolute Gasteiger partial charge is 0.434 e. The molecule has 2 aromatic rings. The molecule has 0 bridgehead atoms. The van der Waals surface area contributed by atoms with Crippen molar-refractivity contribution >= 4 is 5.69 Å². The Morgan fingerprint density at radius 3 is 2.75 bits per heavy atom. The van der Waals surface area contributed by atoms with E-state index in [1.165, 1.54) is 0 Å². The molecular weight excluding hydrogens is 254 g/mol. The van der Waals surface area contributed by atoms with Crippen molar-refractivity contribution in [2.75, 3.05) is 5.73 Å². The predicted molar refractivity (Wildman–Crippen MR) is 79.2 cm³/mol. The molecule has 0 fully saturated rings. The highest BCUT2D eigenvalue weighted by atomic mass is 16.5. The number of hydrogen-bond donors (Lipinski definition) is 1. The van der Waals surface area contributed by atoms with Crippen LogP contribution in [-0.4, -0.2) is 9.55 Å². The van der Waals surface area contributed by atoms with Crippen molar-refractivity contribution in [2.24, 2.45) is 0 Å². The molecule has 0 amide bonds. The predicted octanol–water partition coefficient (Wildman–Crippen LogP) is 2.64. The third-order valence-corrected chi connectivity index (χ3v) is 3.12. The summed E-state index contributed by atoms with van der Waals surface area (Å²) in [6, 6.07) is 3.65. The summed E-state index contributed by atoms with van der Waals surface area (Å²) < 4.78 is 7.23. The Hall–Kier alpha value is -2.30. The first-order chi connectivity index (χ1) is 9.52. The molecule has 2 rings (SSSR count). The molecule has 20 heavy (non-hydrogen) atoms. The summed E-state index contributed by atoms with van der Waals surface area (Å²) in [6.07, 6.45) is 4.11. The zero-order chi connectivity index (χ0) is 14.7. The van der Waals surface area contributed by atoms with Crippen LogP contribution in [0.2, 0.25) is 0 Å². The second-order valence-corrected chi connectivity index (χ2v) is 4.81. The Balaban J connectivity index is 2.38. The summed E-state index contributed by atoms with van der Waals surface area (Å²) in [5.74, 6) is 0.638. The van der Waals surface area contributed by atoms with Gasteiger partial charge in [-0.1, -0.05) is 13.0 Å². The normalized spacial score (nSPS) is 10.6. The van der Waals surface area contributed by atoms with Gasteiger partial charge in [0.1, 0.15) is 5.75 Å². The van der Waals surface area contributed by atoms with Crippen LogP contribution in [0.4, 0.5) is 5.69 Å². The topological polar surface area (TPSA) is 70.1 Å². The van der Waals surface area contributed by atoms with Crippen LogP contribution in [0.3, 0.4) is 0 Å². The maximum Gasteiger partial charge on any atom is 0.313 e. The summed E-state index contributed by atoms with van der Waals surface area (Å²) in [6.45, 7) is 6.50. The second kappa shape index (κ2) is 5.77. The minimum atomic E-state index is -0.229. The highest BCUT2D eigenvalue weighted by Crippen LogP contribution is 2.26. The summed E-state index contributed by atoms with van der Waals surface area (Å²) >= 11 is 0. The van der Waals surface area contributed by atoms with Crippen LogP contribution in [-0.2, 0) is 6.54 Å². The van der Waals surface area contributed by atoms with Crippen molar-refractivity contribution in [3.8, 4) is 11.6 Å². The molecular formula is C15H19N3O2. The Morgan fingerprint density at radius 2 is 2.05 bits per heavy atom. The molecule has 0 aliphatic heterocycles. The molecule has 0 atom stereocenters. The van der Waals surface area contributed by atoms with Crippen LogP contribution in [0.25, 0.3) is 0 Å². The number of hydrogen-bond acceptors (Lipinski definition) is 4. The number of nitrogens with zero attached hydrogens (tertiary/aromatic N) is 2. The molecule has 0 radical (unpaired) electrons. The highest BCUT2D eigenvalue weighted by Gasteiger charge is 2.10. The van der Waals surface area contributed by atoms with Gasteiger partial charge in [0.15, 0.2) is 0 Å². The van der Waals surface area contributed by atoms with Crippen molar-refractivity contribution in [3.05, 3.63) is 46.0 Å². The number of benzene rings is 1. The van der Waals surface area contributed by atoms with E-state index in [2.05, 4.69) is 4.98 Å². The first-order valence-corrected chi connectivity index (χ1v) is 6.63. The number of nitrogen functional groups attached to an aromatic ring is 1. The molecule has 1 aromatic carbocycles. The molecule has 0 saturated heterocycles. The Labute approximate surface area is 118 Å². The van der Waals surface area contributed by atoms with Crippen molar-refractivity contribution in [1.29, 1.82) is 0 Å². The van der Waals surface area contributed by atoms with Gasteiger partial charge in [0.2, 0.25) is 0 Å². The lowest BCUT2D eigenvalue weighted by Crippen LogP contribution is -2.21. The highest BCUT2D eigenvalue weighted by molar-refractivity contribution is 5.54. The number of nitrogens with two attached hydrogens (primary N) is 1. The van der Waals surface area contributed by atoms with Gasteiger partial charge in [-0.2, -0.15) is 0 Å². The van der Waals surface area contributed by atoms with Gasteiger partial charge in [0, 0.05) is 30.7 Å². The molecule has 106 valence electrons. The summed E-state index contributed by atoms with van der Waals surface area (Å²) in [5, 5.41) is 0.